The maximum absolute atomic E-state index is 5.53. The first kappa shape index (κ1) is 15.4. The molecular weight excluding hydrogens is 268 g/mol. The first-order chi connectivity index (χ1) is 9.74. The first-order valence-electron chi connectivity index (χ1n) is 7.29. The van der Waals surface area contributed by atoms with Crippen molar-refractivity contribution in [1.82, 2.24) is 5.32 Å². The summed E-state index contributed by atoms with van der Waals surface area (Å²) >= 11 is 1.82. The zero-order valence-electron chi connectivity index (χ0n) is 12.3. The number of amidine groups is 1. The molecule has 1 fully saturated rings. The second-order valence-electron chi connectivity index (χ2n) is 5.50. The first-order valence-corrected chi connectivity index (χ1v) is 8.28. The van der Waals surface area contributed by atoms with E-state index in [1.54, 1.807) is 0 Å². The third-order valence-electron chi connectivity index (χ3n) is 3.02. The van der Waals surface area contributed by atoms with E-state index in [0.29, 0.717) is 18.6 Å². The second-order valence-corrected chi connectivity index (χ2v) is 6.51. The van der Waals surface area contributed by atoms with Crippen LogP contribution in [0.25, 0.3) is 0 Å². The Hall–Kier alpha value is -1.00. The summed E-state index contributed by atoms with van der Waals surface area (Å²) in [4.78, 5) is 4.56. The molecule has 0 radical (unpaired) electrons. The number of benzene rings is 1. The molecule has 1 aromatic carbocycles. The van der Waals surface area contributed by atoms with Crippen molar-refractivity contribution in [2.24, 2.45) is 10.9 Å². The summed E-state index contributed by atoms with van der Waals surface area (Å²) in [5.41, 5.74) is 1.38. The molecule has 1 atom stereocenters. The number of thioether (sulfide) groups is 1. The quantitative estimate of drug-likeness (QED) is 0.785. The van der Waals surface area contributed by atoms with Gasteiger partial charge in [-0.3, -0.25) is 4.99 Å². The Kier molecular flexibility index (Phi) is 6.40. The lowest BCUT2D eigenvalue weighted by Crippen LogP contribution is -2.29. The Balaban J connectivity index is 1.67. The second kappa shape index (κ2) is 8.32. The minimum atomic E-state index is 0.498. The standard InChI is InChI=1S/C16H24N2OS/c1-13(2)11-19-9-8-17-16-18-15(12-20-16)10-14-6-4-3-5-7-14/h3-7,13,15H,8-12H2,1-2H3,(H,17,18). The van der Waals surface area contributed by atoms with Crippen LogP contribution in [0, 0.1) is 5.92 Å². The molecule has 4 heteroatoms. The third kappa shape index (κ3) is 5.55. The lowest BCUT2D eigenvalue weighted by molar-refractivity contribution is 0.117. The van der Waals surface area contributed by atoms with Crippen LogP contribution in [0.2, 0.25) is 0 Å². The summed E-state index contributed by atoms with van der Waals surface area (Å²) in [6, 6.07) is 11.1. The molecule has 110 valence electrons. The number of rotatable bonds is 7. The minimum absolute atomic E-state index is 0.498. The fourth-order valence-electron chi connectivity index (χ4n) is 2.07. The largest absolute Gasteiger partial charge is 0.379 e. The summed E-state index contributed by atoms with van der Waals surface area (Å²) in [7, 11) is 0. The van der Waals surface area contributed by atoms with E-state index < -0.39 is 0 Å². The van der Waals surface area contributed by atoms with Gasteiger partial charge in [0.25, 0.3) is 0 Å². The molecule has 1 heterocycles. The molecule has 0 amide bonds. The van der Waals surface area contributed by atoms with E-state index in [0.717, 1.165) is 30.5 Å². The van der Waals surface area contributed by atoms with E-state index in [4.69, 9.17) is 4.74 Å². The highest BCUT2D eigenvalue weighted by Crippen LogP contribution is 2.17. The monoisotopic (exact) mass is 292 g/mol. The highest BCUT2D eigenvalue weighted by Gasteiger charge is 2.19. The molecular formula is C16H24N2OS. The van der Waals surface area contributed by atoms with Crippen LogP contribution in [-0.4, -0.2) is 36.7 Å². The average Bonchev–Trinajstić information content (AvgIpc) is 2.87. The predicted octanol–water partition coefficient (Wildman–Crippen LogP) is 2.96. The molecule has 0 saturated carbocycles. The summed E-state index contributed by atoms with van der Waals surface area (Å²) in [6.07, 6.45) is 1.07. The molecule has 1 N–H and O–H groups in total. The maximum Gasteiger partial charge on any atom is 0.156 e. The molecule has 0 spiro atoms. The van der Waals surface area contributed by atoms with Gasteiger partial charge in [-0.2, -0.15) is 0 Å². The van der Waals surface area contributed by atoms with Crippen LogP contribution >= 0.6 is 11.8 Å². The normalized spacial score (nSPS) is 20.6. The molecule has 1 aliphatic rings. The zero-order chi connectivity index (χ0) is 14.2. The van der Waals surface area contributed by atoms with Crippen molar-refractivity contribution in [2.75, 3.05) is 25.5 Å². The van der Waals surface area contributed by atoms with Crippen LogP contribution in [-0.2, 0) is 11.2 Å². The minimum Gasteiger partial charge on any atom is -0.379 e. The maximum atomic E-state index is 5.53. The van der Waals surface area contributed by atoms with Gasteiger partial charge in [-0.05, 0) is 17.9 Å². The Morgan fingerprint density at radius 3 is 2.90 bits per heavy atom. The van der Waals surface area contributed by atoms with Crippen molar-refractivity contribution in [3.8, 4) is 0 Å². The number of hydrogen-bond acceptors (Lipinski definition) is 3. The predicted molar refractivity (Wildman–Crippen MR) is 87.5 cm³/mol. The van der Waals surface area contributed by atoms with Gasteiger partial charge in [0.2, 0.25) is 0 Å². The SMILES string of the molecule is CC(C)COCCN=C1NC(Cc2ccccc2)CS1. The van der Waals surface area contributed by atoms with Crippen LogP contribution in [0.5, 0.6) is 0 Å². The number of ether oxygens (including phenoxy) is 1. The van der Waals surface area contributed by atoms with Crippen LogP contribution < -0.4 is 5.32 Å². The topological polar surface area (TPSA) is 33.6 Å². The van der Waals surface area contributed by atoms with Gasteiger partial charge >= 0.3 is 0 Å². The van der Waals surface area contributed by atoms with E-state index >= 15 is 0 Å². The van der Waals surface area contributed by atoms with Crippen LogP contribution in [0.15, 0.2) is 35.3 Å². The van der Waals surface area contributed by atoms with Gasteiger partial charge in [-0.1, -0.05) is 55.9 Å². The summed E-state index contributed by atoms with van der Waals surface area (Å²) in [5, 5.41) is 4.57. The third-order valence-corrected chi connectivity index (χ3v) is 4.11. The van der Waals surface area contributed by atoms with E-state index in [9.17, 15) is 0 Å². The Morgan fingerprint density at radius 2 is 2.15 bits per heavy atom. The fourth-order valence-corrected chi connectivity index (χ4v) is 3.06. The van der Waals surface area contributed by atoms with Crippen molar-refractivity contribution in [1.29, 1.82) is 0 Å². The van der Waals surface area contributed by atoms with E-state index in [-0.39, 0.29) is 0 Å². The zero-order valence-corrected chi connectivity index (χ0v) is 13.2. The van der Waals surface area contributed by atoms with Gasteiger partial charge in [0.15, 0.2) is 5.17 Å². The van der Waals surface area contributed by atoms with Crippen molar-refractivity contribution >= 4 is 16.9 Å². The Morgan fingerprint density at radius 1 is 1.35 bits per heavy atom. The highest BCUT2D eigenvalue weighted by atomic mass is 32.2. The number of nitrogens with zero attached hydrogens (tertiary/aromatic N) is 1. The van der Waals surface area contributed by atoms with Gasteiger partial charge in [-0.15, -0.1) is 0 Å². The van der Waals surface area contributed by atoms with Crippen molar-refractivity contribution in [2.45, 2.75) is 26.3 Å². The summed E-state index contributed by atoms with van der Waals surface area (Å²) in [5.74, 6) is 1.69. The summed E-state index contributed by atoms with van der Waals surface area (Å²) < 4.78 is 5.53. The molecule has 0 aromatic heterocycles. The molecule has 20 heavy (non-hydrogen) atoms. The number of nitrogens with one attached hydrogen (secondary N) is 1. The van der Waals surface area contributed by atoms with E-state index in [1.807, 2.05) is 11.8 Å². The Labute approximate surface area is 126 Å². The molecule has 3 nitrogen and oxygen atoms in total. The van der Waals surface area contributed by atoms with Gasteiger partial charge in [0.05, 0.1) is 13.2 Å². The van der Waals surface area contributed by atoms with Gasteiger partial charge in [0, 0.05) is 18.4 Å². The number of aliphatic imine (C=N–C) groups is 1. The van der Waals surface area contributed by atoms with Gasteiger partial charge in [0.1, 0.15) is 0 Å². The Bertz CT molecular complexity index is 420. The molecule has 2 rings (SSSR count). The molecule has 1 aromatic rings. The fraction of sp³-hybridized carbons (Fsp3) is 0.562. The van der Waals surface area contributed by atoms with Gasteiger partial charge < -0.3 is 10.1 Å². The van der Waals surface area contributed by atoms with Crippen LogP contribution in [0.3, 0.4) is 0 Å². The molecule has 1 aliphatic heterocycles. The van der Waals surface area contributed by atoms with Crippen molar-refractivity contribution < 1.29 is 4.74 Å². The van der Waals surface area contributed by atoms with E-state index in [2.05, 4.69) is 54.5 Å². The van der Waals surface area contributed by atoms with E-state index in [1.165, 1.54) is 5.56 Å². The van der Waals surface area contributed by atoms with Crippen LogP contribution in [0.1, 0.15) is 19.4 Å². The highest BCUT2D eigenvalue weighted by molar-refractivity contribution is 8.14. The molecule has 0 bridgehead atoms. The summed E-state index contributed by atoms with van der Waals surface area (Å²) in [6.45, 7) is 6.61. The molecule has 1 saturated heterocycles. The lowest BCUT2D eigenvalue weighted by Gasteiger charge is -2.09. The van der Waals surface area contributed by atoms with Crippen molar-refractivity contribution in [3.05, 3.63) is 35.9 Å². The average molecular weight is 292 g/mol. The molecule has 1 unspecified atom stereocenters. The van der Waals surface area contributed by atoms with Crippen LogP contribution in [0.4, 0.5) is 0 Å². The van der Waals surface area contributed by atoms with Gasteiger partial charge in [-0.25, -0.2) is 0 Å². The van der Waals surface area contributed by atoms with Crippen molar-refractivity contribution in [3.63, 3.8) is 0 Å². The molecule has 0 aliphatic carbocycles. The smallest absolute Gasteiger partial charge is 0.156 e. The lowest BCUT2D eigenvalue weighted by atomic mass is 10.1. The number of hydrogen-bond donors (Lipinski definition) is 1.